The van der Waals surface area contributed by atoms with Crippen molar-refractivity contribution in [3.05, 3.63) is 71.8 Å². The zero-order valence-corrected chi connectivity index (χ0v) is 32.1. The van der Waals surface area contributed by atoms with Crippen molar-refractivity contribution in [3.63, 3.8) is 0 Å². The van der Waals surface area contributed by atoms with Gasteiger partial charge in [-0.3, -0.25) is 28.8 Å². The van der Waals surface area contributed by atoms with E-state index in [1.165, 1.54) is 0 Å². The fourth-order valence-electron chi connectivity index (χ4n) is 6.22. The van der Waals surface area contributed by atoms with Crippen LogP contribution in [0.3, 0.4) is 0 Å². The third kappa shape index (κ3) is 13.1. The van der Waals surface area contributed by atoms with E-state index in [0.717, 1.165) is 47.1 Å². The van der Waals surface area contributed by atoms with Crippen molar-refractivity contribution in [1.29, 1.82) is 5.26 Å². The summed E-state index contributed by atoms with van der Waals surface area (Å²) in [5.41, 5.74) is 1.21. The summed E-state index contributed by atoms with van der Waals surface area (Å²) in [5.74, 6) is -5.01. The monoisotopic (exact) mass is 799 g/mol. The van der Waals surface area contributed by atoms with Crippen LogP contribution in [0.5, 0.6) is 0 Å². The molecule has 0 aliphatic carbocycles. The Labute approximate surface area is 328 Å². The Hall–Kier alpha value is -5.45. The lowest BCUT2D eigenvalue weighted by Gasteiger charge is -2.46. The molecule has 0 saturated carbocycles. The van der Waals surface area contributed by atoms with Gasteiger partial charge in [0.05, 0.1) is 25.9 Å². The molecule has 2 saturated heterocycles. The third-order valence-corrected chi connectivity index (χ3v) is 8.30. The Morgan fingerprint density at radius 2 is 0.965 bits per heavy atom. The highest BCUT2D eigenvalue weighted by atomic mass is 16.8. The quantitative estimate of drug-likeness (QED) is 0.175. The van der Waals surface area contributed by atoms with Crippen LogP contribution < -0.4 is 0 Å². The largest absolute Gasteiger partial charge is 0.456 e. The average Bonchev–Trinajstić information content (AvgIpc) is 3.14. The van der Waals surface area contributed by atoms with Crippen LogP contribution in [0.25, 0.3) is 0 Å². The summed E-state index contributed by atoms with van der Waals surface area (Å²) in [6, 6.07) is 19.4. The van der Waals surface area contributed by atoms with E-state index in [0.29, 0.717) is 5.56 Å². The van der Waals surface area contributed by atoms with Crippen molar-refractivity contribution < 1.29 is 80.9 Å². The van der Waals surface area contributed by atoms with Gasteiger partial charge in [-0.15, -0.1) is 0 Å². The third-order valence-electron chi connectivity index (χ3n) is 8.30. The van der Waals surface area contributed by atoms with Crippen molar-refractivity contribution in [2.45, 2.75) is 116 Å². The van der Waals surface area contributed by atoms with Gasteiger partial charge in [-0.1, -0.05) is 60.7 Å². The van der Waals surface area contributed by atoms with Crippen molar-refractivity contribution in [1.82, 2.24) is 0 Å². The SMILES string of the molecule is CC(=O)O[C@@H]1[C@@H](OC(C)=O)[C@H](O[C@@H](C#N)c2ccccc2)O[C@H](CO[C@@H]2O[C@H](COCc3ccccc3)[C@H](OC(C)=O)[C@H](OC(C)=O)[C@H]2OC(C)=O)[C@H]1OC(C)=O. The number of nitrogens with zero attached hydrogens (tertiary/aromatic N) is 1. The van der Waals surface area contributed by atoms with Gasteiger partial charge in [0.1, 0.15) is 12.2 Å². The Bertz CT molecular complexity index is 1730. The van der Waals surface area contributed by atoms with Gasteiger partial charge in [0, 0.05) is 41.5 Å². The van der Waals surface area contributed by atoms with Gasteiger partial charge in [-0.25, -0.2) is 0 Å². The molecule has 4 rings (SSSR count). The lowest BCUT2D eigenvalue weighted by atomic mass is 9.97. The van der Waals surface area contributed by atoms with Crippen LogP contribution in [0.2, 0.25) is 0 Å². The lowest BCUT2D eigenvalue weighted by molar-refractivity contribution is -0.338. The first kappa shape index (κ1) is 44.3. The number of hydrogen-bond acceptors (Lipinski definition) is 18. The second-order valence-electron chi connectivity index (χ2n) is 12.9. The molecule has 308 valence electrons. The molecule has 2 aliphatic heterocycles. The number of carbonyl (C=O) groups is 6. The minimum atomic E-state index is -1.64. The van der Waals surface area contributed by atoms with Crippen LogP contribution in [0.4, 0.5) is 0 Å². The van der Waals surface area contributed by atoms with E-state index in [9.17, 15) is 34.0 Å². The molecule has 0 unspecified atom stereocenters. The maximum atomic E-state index is 12.5. The van der Waals surface area contributed by atoms with Crippen molar-refractivity contribution in [2.24, 2.45) is 0 Å². The molecule has 0 spiro atoms. The number of benzene rings is 2. The van der Waals surface area contributed by atoms with Crippen LogP contribution in [-0.2, 0) is 87.5 Å². The molecule has 57 heavy (non-hydrogen) atoms. The molecular weight excluding hydrogens is 754 g/mol. The molecule has 0 N–H and O–H groups in total. The Balaban J connectivity index is 1.72. The number of esters is 6. The van der Waals surface area contributed by atoms with Gasteiger partial charge in [-0.2, -0.15) is 5.26 Å². The van der Waals surface area contributed by atoms with Crippen LogP contribution in [0.1, 0.15) is 58.8 Å². The van der Waals surface area contributed by atoms with E-state index in [4.69, 9.17) is 52.1 Å². The highest BCUT2D eigenvalue weighted by molar-refractivity contribution is 5.69. The van der Waals surface area contributed by atoms with E-state index in [-0.39, 0.29) is 13.2 Å². The van der Waals surface area contributed by atoms with Crippen LogP contribution in [-0.4, -0.2) is 110 Å². The van der Waals surface area contributed by atoms with E-state index in [1.807, 2.05) is 36.4 Å². The topological polar surface area (TPSA) is 228 Å². The fourth-order valence-corrected chi connectivity index (χ4v) is 6.22. The van der Waals surface area contributed by atoms with Gasteiger partial charge < -0.3 is 52.1 Å². The molecular formula is C39H45NO17. The Morgan fingerprint density at radius 3 is 1.44 bits per heavy atom. The number of rotatable bonds is 16. The first-order valence-electron chi connectivity index (χ1n) is 17.8. The molecule has 11 atom stereocenters. The van der Waals surface area contributed by atoms with Crippen LogP contribution in [0.15, 0.2) is 60.7 Å². The molecule has 2 fully saturated rings. The molecule has 2 aliphatic rings. The summed E-state index contributed by atoms with van der Waals surface area (Å²) in [5, 5.41) is 10.1. The normalized spacial score (nSPS) is 27.4. The standard InChI is InChI=1S/C39H45NO17/c1-21(41)49-32-30(19-47-18-27-13-9-7-10-14-27)56-38(36(53-25(5)45)34(32)51-23(3)43)48-20-31-33(50-22(2)42)35(52-24(4)44)37(54-26(6)46)39(57-31)55-29(17-40)28-15-11-8-12-16-28/h7-16,29-39H,18-20H2,1-6H3/t29-,30+,31+,32-,33+,34-,35-,36+,37+,38+,39+/m0/s1. The maximum absolute atomic E-state index is 12.5. The van der Waals surface area contributed by atoms with Gasteiger partial charge in [0.25, 0.3) is 0 Å². The second kappa shape index (κ2) is 21.2. The molecule has 0 aromatic heterocycles. The van der Waals surface area contributed by atoms with Crippen molar-refractivity contribution in [3.8, 4) is 6.07 Å². The molecule has 0 amide bonds. The summed E-state index contributed by atoms with van der Waals surface area (Å²) in [7, 11) is 0. The van der Waals surface area contributed by atoms with Crippen molar-refractivity contribution in [2.75, 3.05) is 13.2 Å². The predicted molar refractivity (Wildman–Crippen MR) is 189 cm³/mol. The molecule has 18 nitrogen and oxygen atoms in total. The zero-order chi connectivity index (χ0) is 41.6. The lowest BCUT2D eigenvalue weighted by Crippen LogP contribution is -2.65. The average molecular weight is 800 g/mol. The summed E-state index contributed by atoms with van der Waals surface area (Å²) < 4.78 is 63.8. The highest BCUT2D eigenvalue weighted by Crippen LogP contribution is 2.35. The van der Waals surface area contributed by atoms with E-state index in [1.54, 1.807) is 30.3 Å². The number of hydrogen-bond donors (Lipinski definition) is 0. The smallest absolute Gasteiger partial charge is 0.303 e. The number of nitriles is 1. The van der Waals surface area contributed by atoms with E-state index in [2.05, 4.69) is 0 Å². The van der Waals surface area contributed by atoms with E-state index < -0.39 is 110 Å². The molecule has 18 heteroatoms. The van der Waals surface area contributed by atoms with Crippen LogP contribution >= 0.6 is 0 Å². The molecule has 2 aromatic carbocycles. The predicted octanol–water partition coefficient (Wildman–Crippen LogP) is 2.54. The number of carbonyl (C=O) groups excluding carboxylic acids is 6. The first-order valence-corrected chi connectivity index (χ1v) is 17.8. The van der Waals surface area contributed by atoms with Crippen LogP contribution in [0, 0.1) is 11.3 Å². The summed E-state index contributed by atoms with van der Waals surface area (Å²) in [6.45, 7) is 5.79. The van der Waals surface area contributed by atoms with Gasteiger partial charge in [0.15, 0.2) is 49.0 Å². The summed E-state index contributed by atoms with van der Waals surface area (Å²) in [6.07, 6.45) is -16.3. The zero-order valence-electron chi connectivity index (χ0n) is 32.1. The second-order valence-corrected chi connectivity index (χ2v) is 12.9. The number of ether oxygens (including phenoxy) is 11. The van der Waals surface area contributed by atoms with Crippen molar-refractivity contribution >= 4 is 35.8 Å². The highest BCUT2D eigenvalue weighted by Gasteiger charge is 2.56. The minimum Gasteiger partial charge on any atom is -0.456 e. The maximum Gasteiger partial charge on any atom is 0.303 e. The molecule has 2 aromatic rings. The summed E-state index contributed by atoms with van der Waals surface area (Å²) >= 11 is 0. The Morgan fingerprint density at radius 1 is 0.561 bits per heavy atom. The molecule has 2 heterocycles. The van der Waals surface area contributed by atoms with Gasteiger partial charge in [0.2, 0.25) is 6.29 Å². The Kier molecular flexibility index (Phi) is 16.4. The molecule has 0 radical (unpaired) electrons. The van der Waals surface area contributed by atoms with Gasteiger partial charge in [-0.05, 0) is 11.1 Å². The molecule has 0 bridgehead atoms. The summed E-state index contributed by atoms with van der Waals surface area (Å²) in [4.78, 5) is 74.5. The fraction of sp³-hybridized carbons (Fsp3) is 0.513. The first-order chi connectivity index (χ1) is 27.2. The van der Waals surface area contributed by atoms with E-state index >= 15 is 0 Å². The minimum absolute atomic E-state index is 0.111. The van der Waals surface area contributed by atoms with Gasteiger partial charge >= 0.3 is 35.8 Å².